The molecular weight excluding hydrogens is 236 g/mol. The van der Waals surface area contributed by atoms with Gasteiger partial charge in [-0.25, -0.2) is 0 Å². The van der Waals surface area contributed by atoms with Crippen molar-refractivity contribution < 1.29 is 5.21 Å². The van der Waals surface area contributed by atoms with Crippen molar-refractivity contribution in [2.24, 2.45) is 5.16 Å². The number of likely N-dealkylation sites (tertiary alicyclic amines) is 1. The molecule has 0 amide bonds. The molecule has 1 saturated heterocycles. The Kier molecular flexibility index (Phi) is 3.83. The Morgan fingerprint density at radius 1 is 1.05 bits per heavy atom. The van der Waals surface area contributed by atoms with Crippen LogP contribution < -0.4 is 0 Å². The van der Waals surface area contributed by atoms with E-state index < -0.39 is 0 Å². The summed E-state index contributed by atoms with van der Waals surface area (Å²) >= 11 is 0. The van der Waals surface area contributed by atoms with Crippen molar-refractivity contribution in [1.82, 2.24) is 4.90 Å². The first-order valence-electron chi connectivity index (χ1n) is 7.38. The Bertz CT molecular complexity index is 435. The molecule has 3 nitrogen and oxygen atoms in total. The number of piperidine rings is 1. The largest absolute Gasteiger partial charge is 0.411 e. The topological polar surface area (TPSA) is 35.8 Å². The first-order valence-corrected chi connectivity index (χ1v) is 7.38. The molecule has 2 fully saturated rings. The number of hydrogen-bond acceptors (Lipinski definition) is 3. The van der Waals surface area contributed by atoms with Crippen molar-refractivity contribution in [2.45, 2.75) is 44.1 Å². The Balaban J connectivity index is 1.61. The molecule has 0 bridgehead atoms. The molecule has 1 saturated carbocycles. The third kappa shape index (κ3) is 2.66. The summed E-state index contributed by atoms with van der Waals surface area (Å²) in [6.07, 6.45) is 5.75. The Hall–Kier alpha value is -1.35. The van der Waals surface area contributed by atoms with Crippen molar-refractivity contribution in [3.63, 3.8) is 0 Å². The standard InChI is InChI=1S/C16H22N2O/c19-17-15-7-4-8-16(15)18-11-9-14(10-12-18)13-5-2-1-3-6-13/h1-3,5-6,14,16,19H,4,7-12H2/b17-15+/t16-/m0/s1. The second-order valence-corrected chi connectivity index (χ2v) is 5.72. The fraction of sp³-hybridized carbons (Fsp3) is 0.562. The number of nitrogens with zero attached hydrogens (tertiary/aromatic N) is 2. The lowest BCUT2D eigenvalue weighted by molar-refractivity contribution is 0.183. The lowest BCUT2D eigenvalue weighted by Gasteiger charge is -2.36. The number of rotatable bonds is 2. The van der Waals surface area contributed by atoms with Gasteiger partial charge in [0.1, 0.15) is 0 Å². The summed E-state index contributed by atoms with van der Waals surface area (Å²) in [7, 11) is 0. The van der Waals surface area contributed by atoms with Gasteiger partial charge in [0.2, 0.25) is 0 Å². The zero-order valence-corrected chi connectivity index (χ0v) is 11.3. The first kappa shape index (κ1) is 12.7. The second kappa shape index (κ2) is 5.74. The molecule has 0 radical (unpaired) electrons. The van der Waals surface area contributed by atoms with Crippen LogP contribution in [0.15, 0.2) is 35.5 Å². The monoisotopic (exact) mass is 258 g/mol. The SMILES string of the molecule is O/N=C1\CCC[C@@H]1N1CCC(c2ccccc2)CC1. The molecule has 1 heterocycles. The summed E-state index contributed by atoms with van der Waals surface area (Å²) in [6, 6.07) is 11.3. The second-order valence-electron chi connectivity index (χ2n) is 5.72. The maximum Gasteiger partial charge on any atom is 0.0742 e. The summed E-state index contributed by atoms with van der Waals surface area (Å²) in [5.74, 6) is 0.702. The molecule has 102 valence electrons. The molecule has 3 rings (SSSR count). The van der Waals surface area contributed by atoms with E-state index in [1.165, 1.54) is 24.8 Å². The van der Waals surface area contributed by atoms with Gasteiger partial charge in [-0.05, 0) is 56.7 Å². The average Bonchev–Trinajstić information content (AvgIpc) is 2.97. The van der Waals surface area contributed by atoms with Gasteiger partial charge in [0.05, 0.1) is 11.8 Å². The molecule has 3 heteroatoms. The van der Waals surface area contributed by atoms with Crippen LogP contribution in [0.3, 0.4) is 0 Å². The van der Waals surface area contributed by atoms with Crippen LogP contribution in [0, 0.1) is 0 Å². The van der Waals surface area contributed by atoms with E-state index in [-0.39, 0.29) is 0 Å². The van der Waals surface area contributed by atoms with Crippen LogP contribution in [-0.4, -0.2) is 35.0 Å². The van der Waals surface area contributed by atoms with E-state index in [9.17, 15) is 0 Å². The predicted molar refractivity (Wildman–Crippen MR) is 76.9 cm³/mol. The molecule has 1 aromatic rings. The lowest BCUT2D eigenvalue weighted by atomic mass is 9.89. The van der Waals surface area contributed by atoms with Crippen molar-refractivity contribution >= 4 is 5.71 Å². The number of benzene rings is 1. The normalized spacial score (nSPS) is 28.0. The van der Waals surface area contributed by atoms with Crippen LogP contribution in [0.5, 0.6) is 0 Å². The summed E-state index contributed by atoms with van der Waals surface area (Å²) in [5.41, 5.74) is 2.47. The summed E-state index contributed by atoms with van der Waals surface area (Å²) in [6.45, 7) is 2.26. The predicted octanol–water partition coefficient (Wildman–Crippen LogP) is 3.25. The van der Waals surface area contributed by atoms with Crippen LogP contribution in [-0.2, 0) is 0 Å². The zero-order chi connectivity index (χ0) is 13.1. The first-order chi connectivity index (χ1) is 9.38. The maximum atomic E-state index is 9.06. The molecule has 1 aliphatic heterocycles. The third-order valence-corrected chi connectivity index (χ3v) is 4.66. The quantitative estimate of drug-likeness (QED) is 0.653. The number of oxime groups is 1. The van der Waals surface area contributed by atoms with Crippen LogP contribution in [0.25, 0.3) is 0 Å². The van der Waals surface area contributed by atoms with Gasteiger partial charge < -0.3 is 5.21 Å². The molecule has 19 heavy (non-hydrogen) atoms. The zero-order valence-electron chi connectivity index (χ0n) is 11.3. The third-order valence-electron chi connectivity index (χ3n) is 4.66. The molecule has 1 atom stereocenters. The molecule has 0 unspecified atom stereocenters. The molecule has 1 aliphatic carbocycles. The Morgan fingerprint density at radius 2 is 1.79 bits per heavy atom. The highest BCUT2D eigenvalue weighted by Crippen LogP contribution is 2.31. The van der Waals surface area contributed by atoms with Crippen molar-refractivity contribution in [1.29, 1.82) is 0 Å². The van der Waals surface area contributed by atoms with E-state index in [1.54, 1.807) is 0 Å². The fourth-order valence-corrected chi connectivity index (χ4v) is 3.59. The Morgan fingerprint density at radius 3 is 2.47 bits per heavy atom. The lowest BCUT2D eigenvalue weighted by Crippen LogP contribution is -2.43. The summed E-state index contributed by atoms with van der Waals surface area (Å²) in [5, 5.41) is 12.6. The highest BCUT2D eigenvalue weighted by Gasteiger charge is 2.31. The smallest absolute Gasteiger partial charge is 0.0742 e. The van der Waals surface area contributed by atoms with E-state index >= 15 is 0 Å². The molecular formula is C16H22N2O. The van der Waals surface area contributed by atoms with E-state index in [2.05, 4.69) is 40.4 Å². The van der Waals surface area contributed by atoms with Gasteiger partial charge in [0, 0.05) is 0 Å². The van der Waals surface area contributed by atoms with E-state index in [0.717, 1.165) is 31.6 Å². The molecule has 1 aromatic carbocycles. The van der Waals surface area contributed by atoms with E-state index in [1.807, 2.05) is 0 Å². The fourth-order valence-electron chi connectivity index (χ4n) is 3.59. The molecule has 0 spiro atoms. The van der Waals surface area contributed by atoms with E-state index in [0.29, 0.717) is 12.0 Å². The molecule has 0 aromatic heterocycles. The minimum Gasteiger partial charge on any atom is -0.411 e. The van der Waals surface area contributed by atoms with Crippen LogP contribution in [0.1, 0.15) is 43.6 Å². The van der Waals surface area contributed by atoms with Gasteiger partial charge in [0.25, 0.3) is 0 Å². The molecule has 2 aliphatic rings. The molecule has 1 N–H and O–H groups in total. The average molecular weight is 258 g/mol. The Labute approximate surface area is 114 Å². The van der Waals surface area contributed by atoms with Gasteiger partial charge in [-0.2, -0.15) is 0 Å². The van der Waals surface area contributed by atoms with Gasteiger partial charge in [-0.1, -0.05) is 35.5 Å². The highest BCUT2D eigenvalue weighted by atomic mass is 16.4. The maximum absolute atomic E-state index is 9.06. The summed E-state index contributed by atoms with van der Waals surface area (Å²) < 4.78 is 0. The highest BCUT2D eigenvalue weighted by molar-refractivity contribution is 5.90. The van der Waals surface area contributed by atoms with Crippen LogP contribution in [0.2, 0.25) is 0 Å². The van der Waals surface area contributed by atoms with E-state index in [4.69, 9.17) is 5.21 Å². The van der Waals surface area contributed by atoms with Gasteiger partial charge in [-0.15, -0.1) is 0 Å². The van der Waals surface area contributed by atoms with Crippen molar-refractivity contribution in [3.8, 4) is 0 Å². The van der Waals surface area contributed by atoms with Gasteiger partial charge in [0.15, 0.2) is 0 Å². The number of hydrogen-bond donors (Lipinski definition) is 1. The van der Waals surface area contributed by atoms with Crippen molar-refractivity contribution in [3.05, 3.63) is 35.9 Å². The van der Waals surface area contributed by atoms with Crippen LogP contribution in [0.4, 0.5) is 0 Å². The summed E-state index contributed by atoms with van der Waals surface area (Å²) in [4.78, 5) is 2.52. The minimum absolute atomic E-state index is 0.404. The van der Waals surface area contributed by atoms with Crippen LogP contribution >= 0.6 is 0 Å². The van der Waals surface area contributed by atoms with Gasteiger partial charge in [-0.3, -0.25) is 4.90 Å². The minimum atomic E-state index is 0.404. The van der Waals surface area contributed by atoms with Crippen molar-refractivity contribution in [2.75, 3.05) is 13.1 Å². The van der Waals surface area contributed by atoms with Gasteiger partial charge >= 0.3 is 0 Å².